The molecular formula is C20H36N4O6. The van der Waals surface area contributed by atoms with E-state index in [0.29, 0.717) is 25.8 Å². The van der Waals surface area contributed by atoms with Gasteiger partial charge in [0.2, 0.25) is 17.7 Å². The van der Waals surface area contributed by atoms with Crippen molar-refractivity contribution in [3.8, 4) is 0 Å². The van der Waals surface area contributed by atoms with Gasteiger partial charge in [-0.2, -0.15) is 0 Å². The Morgan fingerprint density at radius 1 is 1.17 bits per heavy atom. The summed E-state index contributed by atoms with van der Waals surface area (Å²) in [7, 11) is 0. The van der Waals surface area contributed by atoms with Crippen LogP contribution in [0.15, 0.2) is 0 Å². The topological polar surface area (TPSA) is 162 Å². The molecule has 1 aliphatic heterocycles. The number of nitrogens with one attached hydrogen (secondary N) is 2. The zero-order valence-corrected chi connectivity index (χ0v) is 18.3. The number of amides is 3. The molecule has 0 radical (unpaired) electrons. The fourth-order valence-corrected chi connectivity index (χ4v) is 3.47. The molecule has 0 spiro atoms. The van der Waals surface area contributed by atoms with Gasteiger partial charge in [-0.1, -0.05) is 34.1 Å². The van der Waals surface area contributed by atoms with Crippen molar-refractivity contribution >= 4 is 23.7 Å². The van der Waals surface area contributed by atoms with Crippen molar-refractivity contribution in [1.82, 2.24) is 15.5 Å². The zero-order chi connectivity index (χ0) is 23.0. The number of likely N-dealkylation sites (tertiary alicyclic amines) is 1. The molecule has 0 aromatic heterocycles. The monoisotopic (exact) mass is 428 g/mol. The van der Waals surface area contributed by atoms with Crippen LogP contribution in [0, 0.1) is 11.8 Å². The van der Waals surface area contributed by atoms with E-state index in [1.807, 2.05) is 27.7 Å². The Morgan fingerprint density at radius 3 is 2.30 bits per heavy atom. The van der Waals surface area contributed by atoms with Crippen molar-refractivity contribution < 1.29 is 29.4 Å². The van der Waals surface area contributed by atoms with E-state index in [1.54, 1.807) is 0 Å². The number of aliphatic hydroxyl groups is 1. The number of nitrogens with zero attached hydrogens (tertiary/aromatic N) is 1. The number of aliphatic carboxylic acids is 1. The predicted molar refractivity (Wildman–Crippen MR) is 110 cm³/mol. The number of hydrogen-bond donors (Lipinski definition) is 5. The van der Waals surface area contributed by atoms with Crippen molar-refractivity contribution in [3.05, 3.63) is 0 Å². The van der Waals surface area contributed by atoms with Crippen LogP contribution in [0.3, 0.4) is 0 Å². The maximum atomic E-state index is 13.2. The van der Waals surface area contributed by atoms with E-state index in [2.05, 4.69) is 10.6 Å². The van der Waals surface area contributed by atoms with Crippen LogP contribution in [-0.2, 0) is 19.2 Å². The molecule has 1 saturated heterocycles. The molecule has 10 heteroatoms. The van der Waals surface area contributed by atoms with Gasteiger partial charge >= 0.3 is 5.97 Å². The molecule has 0 bridgehead atoms. The van der Waals surface area contributed by atoms with Crippen LogP contribution in [-0.4, -0.2) is 76.1 Å². The van der Waals surface area contributed by atoms with Gasteiger partial charge in [0, 0.05) is 6.54 Å². The number of carboxylic acids is 1. The van der Waals surface area contributed by atoms with Crippen LogP contribution in [0.2, 0.25) is 0 Å². The molecule has 1 aliphatic rings. The summed E-state index contributed by atoms with van der Waals surface area (Å²) in [6, 6.07) is -3.85. The summed E-state index contributed by atoms with van der Waals surface area (Å²) in [5.74, 6) is -2.81. The van der Waals surface area contributed by atoms with Gasteiger partial charge in [-0.05, 0) is 31.1 Å². The third-order valence-electron chi connectivity index (χ3n) is 5.47. The van der Waals surface area contributed by atoms with E-state index < -0.39 is 54.5 Å². The summed E-state index contributed by atoms with van der Waals surface area (Å²) >= 11 is 0. The quantitative estimate of drug-likeness (QED) is 0.295. The van der Waals surface area contributed by atoms with Crippen LogP contribution in [0.1, 0.15) is 53.4 Å². The lowest BCUT2D eigenvalue weighted by molar-refractivity contribution is -0.145. The summed E-state index contributed by atoms with van der Waals surface area (Å²) in [6.07, 6.45) is 1.91. The number of aliphatic hydroxyl groups excluding tert-OH is 1. The summed E-state index contributed by atoms with van der Waals surface area (Å²) in [5, 5.41) is 23.6. The van der Waals surface area contributed by atoms with Crippen LogP contribution >= 0.6 is 0 Å². The molecule has 0 aromatic carbocycles. The summed E-state index contributed by atoms with van der Waals surface area (Å²) < 4.78 is 0. The lowest BCUT2D eigenvalue weighted by Gasteiger charge is -2.32. The second-order valence-electron chi connectivity index (χ2n) is 8.38. The van der Waals surface area contributed by atoms with Gasteiger partial charge in [0.25, 0.3) is 0 Å². The minimum absolute atomic E-state index is 0.0773. The van der Waals surface area contributed by atoms with E-state index in [9.17, 15) is 24.3 Å². The first-order valence-corrected chi connectivity index (χ1v) is 10.5. The van der Waals surface area contributed by atoms with Gasteiger partial charge in [0.15, 0.2) is 0 Å². The molecule has 1 fully saturated rings. The Balaban J connectivity index is 2.97. The fourth-order valence-electron chi connectivity index (χ4n) is 3.47. The van der Waals surface area contributed by atoms with E-state index in [-0.39, 0.29) is 18.3 Å². The number of hydrogen-bond acceptors (Lipinski definition) is 6. The second-order valence-corrected chi connectivity index (χ2v) is 8.38. The molecule has 0 aliphatic carbocycles. The highest BCUT2D eigenvalue weighted by atomic mass is 16.4. The molecule has 5 unspecified atom stereocenters. The van der Waals surface area contributed by atoms with Crippen molar-refractivity contribution in [2.24, 2.45) is 17.6 Å². The predicted octanol–water partition coefficient (Wildman–Crippen LogP) is -0.557. The Bertz CT molecular complexity index is 626. The summed E-state index contributed by atoms with van der Waals surface area (Å²) in [6.45, 7) is 7.21. The molecule has 30 heavy (non-hydrogen) atoms. The Kier molecular flexibility index (Phi) is 10.2. The number of rotatable bonds is 11. The summed E-state index contributed by atoms with van der Waals surface area (Å²) in [5.41, 5.74) is 5.55. The summed E-state index contributed by atoms with van der Waals surface area (Å²) in [4.78, 5) is 51.0. The average Bonchev–Trinajstić information content (AvgIpc) is 3.19. The van der Waals surface area contributed by atoms with Gasteiger partial charge in [-0.25, -0.2) is 4.79 Å². The van der Waals surface area contributed by atoms with E-state index in [1.165, 1.54) is 4.90 Å². The smallest absolute Gasteiger partial charge is 0.326 e. The van der Waals surface area contributed by atoms with Gasteiger partial charge < -0.3 is 31.5 Å². The van der Waals surface area contributed by atoms with Gasteiger partial charge in [0.05, 0.1) is 6.61 Å². The minimum atomic E-state index is -1.14. The molecule has 1 rings (SSSR count). The van der Waals surface area contributed by atoms with Crippen molar-refractivity contribution in [2.45, 2.75) is 77.5 Å². The molecule has 0 aromatic rings. The SMILES string of the molecule is CCC(C)C(NC(=O)C(N)CO)C(=O)N1CCCC1C(=O)NC(CC(C)C)C(=O)O. The lowest BCUT2D eigenvalue weighted by atomic mass is 9.97. The highest BCUT2D eigenvalue weighted by Crippen LogP contribution is 2.22. The molecule has 5 atom stereocenters. The first-order valence-electron chi connectivity index (χ1n) is 10.5. The average molecular weight is 429 g/mol. The largest absolute Gasteiger partial charge is 0.480 e. The first-order chi connectivity index (χ1) is 14.0. The third kappa shape index (κ3) is 6.94. The number of carboxylic acid groups (broad SMARTS) is 1. The molecular weight excluding hydrogens is 392 g/mol. The number of carbonyl (C=O) groups excluding carboxylic acids is 3. The Morgan fingerprint density at radius 2 is 1.80 bits per heavy atom. The number of nitrogens with two attached hydrogens (primary N) is 1. The third-order valence-corrected chi connectivity index (χ3v) is 5.47. The Labute approximate surface area is 177 Å². The van der Waals surface area contributed by atoms with Gasteiger partial charge in [-0.15, -0.1) is 0 Å². The lowest BCUT2D eigenvalue weighted by Crippen LogP contribution is -2.58. The molecule has 3 amide bonds. The van der Waals surface area contributed by atoms with Crippen LogP contribution in [0.4, 0.5) is 0 Å². The van der Waals surface area contributed by atoms with Crippen LogP contribution < -0.4 is 16.4 Å². The van der Waals surface area contributed by atoms with Gasteiger partial charge in [0.1, 0.15) is 24.2 Å². The molecule has 0 saturated carbocycles. The van der Waals surface area contributed by atoms with Crippen LogP contribution in [0.25, 0.3) is 0 Å². The molecule has 10 nitrogen and oxygen atoms in total. The van der Waals surface area contributed by atoms with E-state index >= 15 is 0 Å². The maximum absolute atomic E-state index is 13.2. The first kappa shape index (κ1) is 25.8. The minimum Gasteiger partial charge on any atom is -0.480 e. The van der Waals surface area contributed by atoms with Crippen molar-refractivity contribution in [2.75, 3.05) is 13.2 Å². The maximum Gasteiger partial charge on any atom is 0.326 e. The highest BCUT2D eigenvalue weighted by molar-refractivity contribution is 5.94. The van der Waals surface area contributed by atoms with E-state index in [4.69, 9.17) is 10.8 Å². The standard InChI is InChI=1S/C20H36N4O6/c1-5-12(4)16(23-17(26)13(21)10-25)19(28)24-8-6-7-15(24)18(27)22-14(20(29)30)9-11(2)3/h11-16,25H,5-10,21H2,1-4H3,(H,22,27)(H,23,26)(H,29,30). The van der Waals surface area contributed by atoms with Crippen LogP contribution in [0.5, 0.6) is 0 Å². The number of carbonyl (C=O) groups is 4. The fraction of sp³-hybridized carbons (Fsp3) is 0.800. The molecule has 1 heterocycles. The van der Waals surface area contributed by atoms with E-state index in [0.717, 1.165) is 0 Å². The van der Waals surface area contributed by atoms with Crippen molar-refractivity contribution in [1.29, 1.82) is 0 Å². The zero-order valence-electron chi connectivity index (χ0n) is 18.3. The molecule has 172 valence electrons. The normalized spacial score (nSPS) is 20.4. The Hall–Kier alpha value is -2.20. The molecule has 6 N–H and O–H groups in total. The van der Waals surface area contributed by atoms with Crippen molar-refractivity contribution in [3.63, 3.8) is 0 Å². The second kappa shape index (κ2) is 11.8. The van der Waals surface area contributed by atoms with Gasteiger partial charge in [-0.3, -0.25) is 14.4 Å². The highest BCUT2D eigenvalue weighted by Gasteiger charge is 2.40.